The second-order valence-electron chi connectivity index (χ2n) is 25.4. The van der Waals surface area contributed by atoms with Crippen LogP contribution in [0.3, 0.4) is 0 Å². The molecule has 0 atom stereocenters. The molecule has 4 aromatic heterocycles. The van der Waals surface area contributed by atoms with Crippen molar-refractivity contribution in [3.05, 3.63) is 197 Å². The van der Waals surface area contributed by atoms with Crippen molar-refractivity contribution in [1.82, 2.24) is 19.9 Å². The Bertz CT molecular complexity index is 3130. The van der Waals surface area contributed by atoms with Gasteiger partial charge in [-0.1, -0.05) is 179 Å². The first-order valence-electron chi connectivity index (χ1n) is 24.2. The molecule has 0 saturated heterocycles. The average molecular weight is 877 g/mol. The Morgan fingerprint density at radius 1 is 0.273 bits per heavy atom. The molecular formula is C62H76N4. The van der Waals surface area contributed by atoms with E-state index in [-0.39, 0.29) is 32.5 Å². The fourth-order valence-corrected chi connectivity index (χ4v) is 9.11. The van der Waals surface area contributed by atoms with E-state index in [1.165, 1.54) is 50.1 Å². The molecule has 0 saturated carbocycles. The van der Waals surface area contributed by atoms with Gasteiger partial charge in [0.2, 0.25) is 0 Å². The van der Waals surface area contributed by atoms with Crippen LogP contribution in [-0.2, 0) is 32.5 Å². The van der Waals surface area contributed by atoms with Gasteiger partial charge in [0.1, 0.15) is 0 Å². The van der Waals surface area contributed by atoms with Crippen molar-refractivity contribution in [2.45, 2.75) is 157 Å². The van der Waals surface area contributed by atoms with Crippen LogP contribution in [0.2, 0.25) is 0 Å². The predicted octanol–water partition coefficient (Wildman–Crippen LogP) is 12.7. The molecule has 0 fully saturated rings. The largest absolute Gasteiger partial charge is 0.355 e. The third-order valence-corrected chi connectivity index (χ3v) is 13.6. The van der Waals surface area contributed by atoms with E-state index in [2.05, 4.69) is 254 Å². The fourth-order valence-electron chi connectivity index (χ4n) is 9.11. The maximum atomic E-state index is 4.08. The number of fused-ring (bicyclic) bond motifs is 8. The van der Waals surface area contributed by atoms with Gasteiger partial charge < -0.3 is 19.9 Å². The minimum Gasteiger partial charge on any atom is -0.355 e. The Kier molecular flexibility index (Phi) is 11.3. The quantitative estimate of drug-likeness (QED) is 0.137. The molecule has 0 radical (unpaired) electrons. The first-order chi connectivity index (χ1) is 30.4. The van der Waals surface area contributed by atoms with Gasteiger partial charge in [-0.3, -0.25) is 0 Å². The molecule has 1 aliphatic rings. The van der Waals surface area contributed by atoms with Crippen LogP contribution in [0.4, 0.5) is 0 Å². The number of hydrogen-bond acceptors (Lipinski definition) is 0. The number of rotatable bonds is 3. The predicted molar refractivity (Wildman–Crippen MR) is 282 cm³/mol. The number of aromatic nitrogens is 4. The first-order valence-corrected chi connectivity index (χ1v) is 24.2. The van der Waals surface area contributed by atoms with Gasteiger partial charge in [-0.2, -0.15) is 0 Å². The second kappa shape index (κ2) is 16.0. The molecule has 0 amide bonds. The monoisotopic (exact) mass is 877 g/mol. The maximum Gasteiger partial charge on any atom is 0.0485 e. The third kappa shape index (κ3) is 9.44. The normalized spacial score (nSPS) is 14.2. The SMILES string of the molecule is CC(C)(C)c1cc(C2=c3ccc([nH]3)=Cc3ccc([nH]3)C(c3cc(C(C)(C)C)cc(C(C)(C)C)c3)=c3ccc([nH]3)=C(c3cc(C(C)(C)C)cc(C(C)(C)C)c3)c3ccc2[nH]3)cc(C(C)(C)C)c1. The highest BCUT2D eigenvalue weighted by Crippen LogP contribution is 2.38. The fraction of sp³-hybridized carbons (Fsp3) is 0.387. The van der Waals surface area contributed by atoms with Gasteiger partial charge in [0.15, 0.2) is 0 Å². The summed E-state index contributed by atoms with van der Waals surface area (Å²) in [5, 5.41) is 4.22. The van der Waals surface area contributed by atoms with E-state index in [0.29, 0.717) is 0 Å². The highest BCUT2D eigenvalue weighted by Gasteiger charge is 2.27. The summed E-state index contributed by atoms with van der Waals surface area (Å²) in [5.74, 6) is 0. The van der Waals surface area contributed by atoms with Crippen molar-refractivity contribution in [2.75, 3.05) is 0 Å². The molecule has 4 heteroatoms. The van der Waals surface area contributed by atoms with Crippen LogP contribution in [0.1, 0.15) is 197 Å². The van der Waals surface area contributed by atoms with Crippen LogP contribution in [0, 0.1) is 0 Å². The lowest BCUT2D eigenvalue weighted by Crippen LogP contribution is -2.21. The summed E-state index contributed by atoms with van der Waals surface area (Å²) in [6.45, 7) is 41.8. The lowest BCUT2D eigenvalue weighted by atomic mass is 9.78. The van der Waals surface area contributed by atoms with Crippen molar-refractivity contribution >= 4 is 22.8 Å². The molecular weight excluding hydrogens is 801 g/mol. The summed E-state index contributed by atoms with van der Waals surface area (Å²) in [6, 6.07) is 39.8. The number of aromatic amines is 4. The molecule has 344 valence electrons. The number of hydrogen-bond donors (Lipinski definition) is 4. The van der Waals surface area contributed by atoms with Crippen LogP contribution < -0.4 is 21.4 Å². The maximum absolute atomic E-state index is 4.08. The lowest BCUT2D eigenvalue weighted by Gasteiger charge is -2.27. The summed E-state index contributed by atoms with van der Waals surface area (Å²) < 4.78 is 0. The van der Waals surface area contributed by atoms with Crippen LogP contribution in [0.25, 0.3) is 22.8 Å². The molecule has 8 bridgehead atoms. The summed E-state index contributed by atoms with van der Waals surface area (Å²) in [7, 11) is 0. The Morgan fingerprint density at radius 3 is 0.894 bits per heavy atom. The summed E-state index contributed by atoms with van der Waals surface area (Å²) in [5.41, 5.74) is 18.9. The Labute approximate surface area is 395 Å². The van der Waals surface area contributed by atoms with E-state index in [0.717, 1.165) is 60.9 Å². The number of benzene rings is 3. The molecule has 0 aliphatic carbocycles. The summed E-state index contributed by atoms with van der Waals surface area (Å²) in [4.78, 5) is 15.9. The van der Waals surface area contributed by atoms with Crippen molar-refractivity contribution in [3.63, 3.8) is 0 Å². The standard InChI is InChI=1S/C62H76N4/c1-57(2,3)40-27-37(28-41(33-40)58(4,5)6)54-48-21-19-46(63-48)36-47-20-22-49(64-47)55(38-29-42(59(7,8)9)34-43(30-38)60(10,11)12)51-24-26-53(66-51)56(52-25-23-50(54)65-52)39-31-44(61(13,14)15)35-45(32-39)62(16,17)18/h19-36,63-66H,1-18H3. The molecule has 4 N–H and O–H groups in total. The van der Waals surface area contributed by atoms with Crippen molar-refractivity contribution in [1.29, 1.82) is 0 Å². The van der Waals surface area contributed by atoms with Crippen molar-refractivity contribution in [3.8, 4) is 0 Å². The molecule has 66 heavy (non-hydrogen) atoms. The second-order valence-corrected chi connectivity index (χ2v) is 25.4. The zero-order valence-corrected chi connectivity index (χ0v) is 43.4. The molecule has 4 nitrogen and oxygen atoms in total. The smallest absolute Gasteiger partial charge is 0.0485 e. The lowest BCUT2D eigenvalue weighted by molar-refractivity contribution is 0.567. The Balaban J connectivity index is 1.54. The van der Waals surface area contributed by atoms with Crippen LogP contribution in [0.5, 0.6) is 0 Å². The van der Waals surface area contributed by atoms with E-state index < -0.39 is 0 Å². The van der Waals surface area contributed by atoms with E-state index in [1.54, 1.807) is 0 Å². The van der Waals surface area contributed by atoms with E-state index >= 15 is 0 Å². The molecule has 0 unspecified atom stereocenters. The summed E-state index contributed by atoms with van der Waals surface area (Å²) in [6.07, 6.45) is 2.23. The third-order valence-electron chi connectivity index (χ3n) is 13.6. The van der Waals surface area contributed by atoms with Crippen LogP contribution >= 0.6 is 0 Å². The van der Waals surface area contributed by atoms with Gasteiger partial charge in [-0.05, 0) is 137 Å². The van der Waals surface area contributed by atoms with E-state index in [4.69, 9.17) is 0 Å². The molecule has 5 heterocycles. The zero-order chi connectivity index (χ0) is 48.1. The van der Waals surface area contributed by atoms with E-state index in [9.17, 15) is 0 Å². The molecule has 7 aromatic rings. The highest BCUT2D eigenvalue weighted by atomic mass is 14.8. The summed E-state index contributed by atoms with van der Waals surface area (Å²) >= 11 is 0. The Morgan fingerprint density at radius 2 is 0.561 bits per heavy atom. The minimum absolute atomic E-state index is 0.0386. The van der Waals surface area contributed by atoms with Crippen molar-refractivity contribution < 1.29 is 0 Å². The first kappa shape index (κ1) is 46.8. The Hall–Kier alpha value is -5.74. The molecule has 3 aromatic carbocycles. The molecule has 0 spiro atoms. The van der Waals surface area contributed by atoms with Gasteiger partial charge >= 0.3 is 0 Å². The van der Waals surface area contributed by atoms with Crippen LogP contribution in [0.15, 0.2) is 103 Å². The van der Waals surface area contributed by atoms with Crippen molar-refractivity contribution in [2.24, 2.45) is 0 Å². The topological polar surface area (TPSA) is 63.2 Å². The van der Waals surface area contributed by atoms with Crippen LogP contribution in [-0.4, -0.2) is 19.9 Å². The zero-order valence-electron chi connectivity index (χ0n) is 43.4. The number of H-pyrrole nitrogens is 4. The van der Waals surface area contributed by atoms with Gasteiger partial charge in [0.25, 0.3) is 0 Å². The van der Waals surface area contributed by atoms with Gasteiger partial charge in [0.05, 0.1) is 0 Å². The molecule has 8 rings (SSSR count). The van der Waals surface area contributed by atoms with E-state index in [1.807, 2.05) is 0 Å². The minimum atomic E-state index is -0.0576. The average Bonchev–Trinajstić information content (AvgIpc) is 4.03. The van der Waals surface area contributed by atoms with Gasteiger partial charge in [-0.25, -0.2) is 0 Å². The highest BCUT2D eigenvalue weighted by molar-refractivity contribution is 5.84. The number of nitrogens with one attached hydrogen (secondary N) is 4. The van der Waals surface area contributed by atoms with Gasteiger partial charge in [0, 0.05) is 60.9 Å². The molecule has 1 aliphatic heterocycles. The van der Waals surface area contributed by atoms with Gasteiger partial charge in [-0.15, -0.1) is 0 Å².